The average molecular weight is 319 g/mol. The summed E-state index contributed by atoms with van der Waals surface area (Å²) in [6, 6.07) is 6.38. The Labute approximate surface area is 145 Å². The molecular weight excluding hydrogens is 297 g/mol. The van der Waals surface area contributed by atoms with E-state index in [0.717, 1.165) is 12.1 Å². The Kier molecular flexibility index (Phi) is 4.82. The van der Waals surface area contributed by atoms with Gasteiger partial charge in [-0.3, -0.25) is 0 Å². The van der Waals surface area contributed by atoms with Gasteiger partial charge in [0.2, 0.25) is 0 Å². The van der Waals surface area contributed by atoms with Crippen LogP contribution in [0.5, 0.6) is 0 Å². The number of hydrogen-bond donors (Lipinski definition) is 1. The van der Waals surface area contributed by atoms with Crippen LogP contribution in [-0.4, -0.2) is 55.5 Å². The Bertz CT molecular complexity index is 642. The molecule has 2 atom stereocenters. The first-order chi connectivity index (χ1) is 9.52. The zero-order valence-corrected chi connectivity index (χ0v) is 16.2. The average Bonchev–Trinajstić information content (AvgIpc) is 2.31. The fraction of sp³-hybridized carbons (Fsp3) is 0.600. The van der Waals surface area contributed by atoms with Gasteiger partial charge in [-0.1, -0.05) is 0 Å². The van der Waals surface area contributed by atoms with Crippen LogP contribution < -0.4 is 4.90 Å². The summed E-state index contributed by atoms with van der Waals surface area (Å²) >= 11 is 0.416. The van der Waals surface area contributed by atoms with Crippen molar-refractivity contribution in [3.05, 3.63) is 29.3 Å². The summed E-state index contributed by atoms with van der Waals surface area (Å²) in [6.07, 6.45) is 0.975. The predicted octanol–water partition coefficient (Wildman–Crippen LogP) is 2.47. The molecule has 1 aliphatic rings. The van der Waals surface area contributed by atoms with Crippen LogP contribution in [0.3, 0.4) is 0 Å². The van der Waals surface area contributed by atoms with E-state index < -0.39 is 12.6 Å². The van der Waals surface area contributed by atoms with E-state index in [-0.39, 0.29) is 5.54 Å². The third-order valence-corrected chi connectivity index (χ3v) is 7.81. The normalized spacial score (nSPS) is 22.8. The first-order valence-electron chi connectivity index (χ1n) is 7.37. The van der Waals surface area contributed by atoms with E-state index in [4.69, 9.17) is 0 Å². The van der Waals surface area contributed by atoms with Crippen molar-refractivity contribution in [1.29, 1.82) is 0 Å². The molecule has 2 rings (SSSR count). The Morgan fingerprint density at radius 2 is 2.10 bits per heavy atom. The summed E-state index contributed by atoms with van der Waals surface area (Å²) in [5.74, 6) is 0.449. The quantitative estimate of drug-likeness (QED) is 0.687. The first kappa shape index (κ1) is 17.3. The van der Waals surface area contributed by atoms with Crippen LogP contribution in [-0.2, 0) is 10.1 Å². The maximum atomic E-state index is 11.4. The molecular formula is C15H22NNaO3S. The van der Waals surface area contributed by atoms with E-state index in [1.807, 2.05) is 6.92 Å². The number of fused-ring (bicyclic) bond motifs is 1. The van der Waals surface area contributed by atoms with Crippen LogP contribution in [0.25, 0.3) is 0 Å². The summed E-state index contributed by atoms with van der Waals surface area (Å²) in [5, 5.41) is 0. The molecule has 1 N–H and O–H groups in total. The van der Waals surface area contributed by atoms with E-state index in [1.54, 1.807) is 0 Å². The van der Waals surface area contributed by atoms with Gasteiger partial charge in [0.15, 0.2) is 0 Å². The minimum absolute atomic E-state index is 0.117. The predicted molar refractivity (Wildman–Crippen MR) is 86.7 cm³/mol. The molecule has 0 aromatic heterocycles. The van der Waals surface area contributed by atoms with E-state index in [0.29, 0.717) is 40.4 Å². The van der Waals surface area contributed by atoms with Crippen LogP contribution in [0.15, 0.2) is 18.2 Å². The van der Waals surface area contributed by atoms with Crippen LogP contribution in [0, 0.1) is 6.92 Å². The molecule has 21 heavy (non-hydrogen) atoms. The first-order valence-corrected chi connectivity index (χ1v) is 10.0. The molecule has 6 heteroatoms. The number of anilines is 1. The molecule has 0 radical (unpaired) electrons. The van der Waals surface area contributed by atoms with Gasteiger partial charge in [-0.15, -0.1) is 0 Å². The van der Waals surface area contributed by atoms with Gasteiger partial charge in [-0.25, -0.2) is 0 Å². The van der Waals surface area contributed by atoms with Gasteiger partial charge < -0.3 is 0 Å². The molecule has 112 valence electrons. The van der Waals surface area contributed by atoms with Crippen molar-refractivity contribution in [3.63, 3.8) is 0 Å². The number of aryl methyl sites for hydroxylation is 1. The van der Waals surface area contributed by atoms with Crippen LogP contribution >= 0.6 is 0 Å². The Balaban J connectivity index is 2.47. The maximum absolute atomic E-state index is 11.4. The van der Waals surface area contributed by atoms with Crippen molar-refractivity contribution < 1.29 is 13.0 Å². The summed E-state index contributed by atoms with van der Waals surface area (Å²) in [5.41, 5.74) is 3.43. The second kappa shape index (κ2) is 5.85. The fourth-order valence-electron chi connectivity index (χ4n) is 3.30. The summed E-state index contributed by atoms with van der Waals surface area (Å²) in [6.45, 7) is 8.92. The van der Waals surface area contributed by atoms with Gasteiger partial charge in [-0.05, 0) is 0 Å². The number of benzene rings is 1. The zero-order valence-electron chi connectivity index (χ0n) is 13.4. The summed E-state index contributed by atoms with van der Waals surface area (Å²) < 4.78 is 31.5. The molecule has 4 nitrogen and oxygen atoms in total. The monoisotopic (exact) mass is 319 g/mol. The van der Waals surface area contributed by atoms with Crippen LogP contribution in [0.1, 0.15) is 44.2 Å². The third-order valence-electron chi connectivity index (χ3n) is 4.49. The van der Waals surface area contributed by atoms with E-state index >= 15 is 0 Å². The Morgan fingerprint density at radius 3 is 2.67 bits per heavy atom. The third kappa shape index (κ3) is 3.64. The van der Waals surface area contributed by atoms with Gasteiger partial charge in [0.25, 0.3) is 0 Å². The van der Waals surface area contributed by atoms with Gasteiger partial charge in [0.05, 0.1) is 0 Å². The molecule has 1 aromatic carbocycles. The molecule has 2 unspecified atom stereocenters. The molecule has 0 bridgehead atoms. The molecule has 0 fully saturated rings. The van der Waals surface area contributed by atoms with Crippen molar-refractivity contribution in [3.8, 4) is 0 Å². The SMILES string of the molecule is Cc1ccc2c(c1)N(C[CH]([Na])S(=O)(=O)O)C(C)(C)CC2C. The van der Waals surface area contributed by atoms with E-state index in [2.05, 4.69) is 43.9 Å². The summed E-state index contributed by atoms with van der Waals surface area (Å²) in [4.78, 5) is 2.17. The molecule has 0 saturated carbocycles. The van der Waals surface area contributed by atoms with Gasteiger partial charge in [0, 0.05) is 0 Å². The molecule has 0 saturated heterocycles. The van der Waals surface area contributed by atoms with Gasteiger partial charge in [0.1, 0.15) is 0 Å². The number of hydrogen-bond acceptors (Lipinski definition) is 3. The summed E-state index contributed by atoms with van der Waals surface area (Å²) in [7, 11) is -3.96. The Hall–Kier alpha value is -0.0700. The molecule has 0 aliphatic carbocycles. The Morgan fingerprint density at radius 1 is 1.48 bits per heavy atom. The molecule has 0 spiro atoms. The zero-order chi connectivity index (χ0) is 16.0. The van der Waals surface area contributed by atoms with Crippen molar-refractivity contribution in [1.82, 2.24) is 0 Å². The topological polar surface area (TPSA) is 57.6 Å². The van der Waals surface area contributed by atoms with Gasteiger partial charge >= 0.3 is 146 Å². The van der Waals surface area contributed by atoms with E-state index in [9.17, 15) is 13.0 Å². The second-order valence-corrected chi connectivity index (χ2v) is 11.0. The molecule has 1 aromatic rings. The molecule has 1 heterocycles. The standard InChI is InChI=1S/C15H22NO3S.Na/c1-11-5-6-13-12(2)10-15(3,4)16(14(13)9-11)7-8-20(17,18)19;/h5-6,8-9,12H,7,10H2,1-4H3,(H,17,18,19);. The van der Waals surface area contributed by atoms with Crippen molar-refractivity contribution in [2.24, 2.45) is 0 Å². The minimum atomic E-state index is -3.96. The second-order valence-electron chi connectivity index (χ2n) is 6.92. The van der Waals surface area contributed by atoms with Gasteiger partial charge in [-0.2, -0.15) is 0 Å². The van der Waals surface area contributed by atoms with Crippen molar-refractivity contribution in [2.45, 2.75) is 48.1 Å². The number of nitrogens with zero attached hydrogens (tertiary/aromatic N) is 1. The van der Waals surface area contributed by atoms with Crippen LogP contribution in [0.2, 0.25) is 0 Å². The van der Waals surface area contributed by atoms with Crippen molar-refractivity contribution >= 4 is 43.7 Å². The van der Waals surface area contributed by atoms with E-state index in [1.165, 1.54) is 11.1 Å². The molecule has 0 amide bonds. The van der Waals surface area contributed by atoms with Crippen molar-refractivity contribution in [2.75, 3.05) is 11.4 Å². The molecule has 1 aliphatic heterocycles. The van der Waals surface area contributed by atoms with Crippen LogP contribution in [0.4, 0.5) is 5.69 Å². The number of rotatable bonds is 3. The fourth-order valence-corrected chi connectivity index (χ4v) is 4.00.